The van der Waals surface area contributed by atoms with Gasteiger partial charge in [0.05, 0.1) is 25.0 Å². The van der Waals surface area contributed by atoms with E-state index in [9.17, 15) is 9.59 Å². The summed E-state index contributed by atoms with van der Waals surface area (Å²) in [5, 5.41) is 2.77. The molecule has 0 atom stereocenters. The maximum absolute atomic E-state index is 12.8. The molecule has 3 aromatic carbocycles. The monoisotopic (exact) mass is 405 g/mol. The standard InChI is InChI=1S/C24H23NO5/c1-3-29-22-14-13-17(15-18(22)16-30-19-9-5-4-6-10-19)23(26)25-21-12-8-7-11-20(21)24(27)28-2/h4-15H,3,16H2,1-2H3,(H,25,26). The first kappa shape index (κ1) is 20.9. The largest absolute Gasteiger partial charge is 0.493 e. The number of methoxy groups -OCH3 is 1. The Bertz CT molecular complexity index is 1020. The fraction of sp³-hybridized carbons (Fsp3) is 0.167. The van der Waals surface area contributed by atoms with Crippen LogP contribution in [0.15, 0.2) is 72.8 Å². The number of rotatable bonds is 8. The Morgan fingerprint density at radius 2 is 1.63 bits per heavy atom. The zero-order chi connectivity index (χ0) is 21.3. The van der Waals surface area contributed by atoms with Crippen molar-refractivity contribution in [1.82, 2.24) is 0 Å². The molecule has 0 saturated carbocycles. The lowest BCUT2D eigenvalue weighted by atomic mass is 10.1. The smallest absolute Gasteiger partial charge is 0.339 e. The first-order valence-electron chi connectivity index (χ1n) is 9.54. The molecule has 0 radical (unpaired) electrons. The summed E-state index contributed by atoms with van der Waals surface area (Å²) >= 11 is 0. The van der Waals surface area contributed by atoms with Crippen molar-refractivity contribution in [3.05, 3.63) is 89.5 Å². The van der Waals surface area contributed by atoms with E-state index in [4.69, 9.17) is 14.2 Å². The number of nitrogens with one attached hydrogen (secondary N) is 1. The second kappa shape index (κ2) is 10.1. The summed E-state index contributed by atoms with van der Waals surface area (Å²) in [6.45, 7) is 2.64. The van der Waals surface area contributed by atoms with Crippen LogP contribution in [0.5, 0.6) is 11.5 Å². The van der Waals surface area contributed by atoms with Crippen LogP contribution in [0.2, 0.25) is 0 Å². The molecule has 6 heteroatoms. The molecule has 1 N–H and O–H groups in total. The number of amides is 1. The summed E-state index contributed by atoms with van der Waals surface area (Å²) in [6.07, 6.45) is 0. The van der Waals surface area contributed by atoms with Crippen LogP contribution in [0.1, 0.15) is 33.2 Å². The van der Waals surface area contributed by atoms with E-state index < -0.39 is 5.97 Å². The van der Waals surface area contributed by atoms with E-state index in [0.29, 0.717) is 23.6 Å². The quantitative estimate of drug-likeness (QED) is 0.550. The highest BCUT2D eigenvalue weighted by Crippen LogP contribution is 2.24. The molecular formula is C24H23NO5. The van der Waals surface area contributed by atoms with Crippen molar-refractivity contribution in [3.63, 3.8) is 0 Å². The number of hydrogen-bond donors (Lipinski definition) is 1. The van der Waals surface area contributed by atoms with Gasteiger partial charge in [0.1, 0.15) is 18.1 Å². The molecular weight excluding hydrogens is 382 g/mol. The van der Waals surface area contributed by atoms with E-state index in [-0.39, 0.29) is 18.1 Å². The maximum Gasteiger partial charge on any atom is 0.339 e. The van der Waals surface area contributed by atoms with Gasteiger partial charge in [-0.15, -0.1) is 0 Å². The third-order valence-electron chi connectivity index (χ3n) is 4.34. The third-order valence-corrected chi connectivity index (χ3v) is 4.34. The molecule has 0 aliphatic carbocycles. The fourth-order valence-corrected chi connectivity index (χ4v) is 2.88. The van der Waals surface area contributed by atoms with Crippen LogP contribution in [-0.2, 0) is 11.3 Å². The predicted octanol–water partition coefficient (Wildman–Crippen LogP) is 4.70. The Labute approximate surface area is 175 Å². The molecule has 0 aliphatic heterocycles. The lowest BCUT2D eigenvalue weighted by molar-refractivity contribution is 0.0602. The molecule has 0 saturated heterocycles. The van der Waals surface area contributed by atoms with Crippen LogP contribution in [-0.4, -0.2) is 25.6 Å². The van der Waals surface area contributed by atoms with Gasteiger partial charge < -0.3 is 19.5 Å². The molecule has 3 aromatic rings. The van der Waals surface area contributed by atoms with Crippen molar-refractivity contribution in [2.45, 2.75) is 13.5 Å². The van der Waals surface area contributed by atoms with E-state index in [0.717, 1.165) is 11.3 Å². The number of esters is 1. The highest BCUT2D eigenvalue weighted by Gasteiger charge is 2.16. The Morgan fingerprint density at radius 3 is 2.37 bits per heavy atom. The molecule has 0 bridgehead atoms. The Hall–Kier alpha value is -3.80. The zero-order valence-electron chi connectivity index (χ0n) is 16.9. The van der Waals surface area contributed by atoms with Crippen LogP contribution in [0.25, 0.3) is 0 Å². The molecule has 154 valence electrons. The summed E-state index contributed by atoms with van der Waals surface area (Å²) < 4.78 is 16.3. The van der Waals surface area contributed by atoms with Gasteiger partial charge in [0, 0.05) is 11.1 Å². The van der Waals surface area contributed by atoms with Crippen molar-refractivity contribution in [2.75, 3.05) is 19.0 Å². The summed E-state index contributed by atoms with van der Waals surface area (Å²) in [4.78, 5) is 24.8. The van der Waals surface area contributed by atoms with Crippen LogP contribution >= 0.6 is 0 Å². The van der Waals surface area contributed by atoms with Gasteiger partial charge in [0.15, 0.2) is 0 Å². The summed E-state index contributed by atoms with van der Waals surface area (Å²) in [5.41, 5.74) is 1.83. The van der Waals surface area contributed by atoms with Crippen LogP contribution in [0.4, 0.5) is 5.69 Å². The summed E-state index contributed by atoms with van der Waals surface area (Å²) in [5.74, 6) is 0.506. The molecule has 0 heterocycles. The average Bonchev–Trinajstić information content (AvgIpc) is 2.79. The predicted molar refractivity (Wildman–Crippen MR) is 114 cm³/mol. The molecule has 0 spiro atoms. The highest BCUT2D eigenvalue weighted by atomic mass is 16.5. The van der Waals surface area contributed by atoms with Crippen molar-refractivity contribution < 1.29 is 23.8 Å². The lowest BCUT2D eigenvalue weighted by Gasteiger charge is -2.14. The normalized spacial score (nSPS) is 10.2. The molecule has 0 aliphatic rings. The molecule has 0 fully saturated rings. The number of carbonyl (C=O) groups is 2. The van der Waals surface area contributed by atoms with Gasteiger partial charge in [-0.2, -0.15) is 0 Å². The molecule has 0 aromatic heterocycles. The number of anilines is 1. The van der Waals surface area contributed by atoms with E-state index in [2.05, 4.69) is 5.32 Å². The number of ether oxygens (including phenoxy) is 3. The highest BCUT2D eigenvalue weighted by molar-refractivity contribution is 6.08. The van der Waals surface area contributed by atoms with Gasteiger partial charge in [-0.3, -0.25) is 4.79 Å². The summed E-state index contributed by atoms with van der Waals surface area (Å²) in [6, 6.07) is 21.2. The number of benzene rings is 3. The Balaban J connectivity index is 1.82. The van der Waals surface area contributed by atoms with Crippen molar-refractivity contribution in [3.8, 4) is 11.5 Å². The van der Waals surface area contributed by atoms with E-state index >= 15 is 0 Å². The van der Waals surface area contributed by atoms with Crippen molar-refractivity contribution in [2.24, 2.45) is 0 Å². The molecule has 0 unspecified atom stereocenters. The lowest BCUT2D eigenvalue weighted by Crippen LogP contribution is -2.16. The SMILES string of the molecule is CCOc1ccc(C(=O)Nc2ccccc2C(=O)OC)cc1COc1ccccc1. The van der Waals surface area contributed by atoms with Crippen LogP contribution in [0, 0.1) is 0 Å². The minimum absolute atomic E-state index is 0.249. The Morgan fingerprint density at radius 1 is 0.900 bits per heavy atom. The van der Waals surface area contributed by atoms with E-state index in [1.165, 1.54) is 7.11 Å². The van der Waals surface area contributed by atoms with E-state index in [1.54, 1.807) is 42.5 Å². The second-order valence-electron chi connectivity index (χ2n) is 6.35. The van der Waals surface area contributed by atoms with Crippen molar-refractivity contribution in [1.29, 1.82) is 0 Å². The molecule has 6 nitrogen and oxygen atoms in total. The van der Waals surface area contributed by atoms with Gasteiger partial charge >= 0.3 is 5.97 Å². The summed E-state index contributed by atoms with van der Waals surface area (Å²) in [7, 11) is 1.30. The minimum atomic E-state index is -0.519. The van der Waals surface area contributed by atoms with Crippen molar-refractivity contribution >= 4 is 17.6 Å². The zero-order valence-corrected chi connectivity index (χ0v) is 16.9. The van der Waals surface area contributed by atoms with Gasteiger partial charge in [-0.25, -0.2) is 4.79 Å². The fourth-order valence-electron chi connectivity index (χ4n) is 2.88. The topological polar surface area (TPSA) is 73.9 Å². The third kappa shape index (κ3) is 5.17. The number of para-hydroxylation sites is 2. The molecule has 1 amide bonds. The minimum Gasteiger partial charge on any atom is -0.493 e. The average molecular weight is 405 g/mol. The van der Waals surface area contributed by atoms with Crippen LogP contribution in [0.3, 0.4) is 0 Å². The van der Waals surface area contributed by atoms with Gasteiger partial charge in [0.25, 0.3) is 5.91 Å². The van der Waals surface area contributed by atoms with Gasteiger partial charge in [-0.05, 0) is 49.4 Å². The molecule has 30 heavy (non-hydrogen) atoms. The number of hydrogen-bond acceptors (Lipinski definition) is 5. The first-order chi connectivity index (χ1) is 14.6. The van der Waals surface area contributed by atoms with Gasteiger partial charge in [-0.1, -0.05) is 30.3 Å². The Kier molecular flexibility index (Phi) is 7.05. The van der Waals surface area contributed by atoms with Crippen LogP contribution < -0.4 is 14.8 Å². The van der Waals surface area contributed by atoms with Gasteiger partial charge in [0.2, 0.25) is 0 Å². The number of carbonyl (C=O) groups excluding carboxylic acids is 2. The first-order valence-corrected chi connectivity index (χ1v) is 9.54. The van der Waals surface area contributed by atoms with E-state index in [1.807, 2.05) is 37.3 Å². The maximum atomic E-state index is 12.8. The molecule has 3 rings (SSSR count). The second-order valence-corrected chi connectivity index (χ2v) is 6.35.